The molecule has 1 heterocycles. The summed E-state index contributed by atoms with van der Waals surface area (Å²) in [5.74, 6) is 0. The lowest BCUT2D eigenvalue weighted by atomic mass is 10.2. The Morgan fingerprint density at radius 2 is 2.11 bits per heavy atom. The highest BCUT2D eigenvalue weighted by atomic mass is 15.1. The Morgan fingerprint density at radius 3 is 2.44 bits per heavy atom. The van der Waals surface area contributed by atoms with E-state index in [9.17, 15) is 0 Å². The Labute approximate surface area is 111 Å². The number of rotatable bonds is 4. The standard InChI is InChI=1S/C8H11N3.C4H9N.C2H6/c1-4-9-7-5-10-11-8(7)6(2)3;1-5-4-2-3-4;1-2/h4-5,9H,1-2H2,3H3,(H,10,11);4-5H,2-3H2,1H3;1-2H3. The summed E-state index contributed by atoms with van der Waals surface area (Å²) in [7, 11) is 2.01. The quantitative estimate of drug-likeness (QED) is 0.767. The Balaban J connectivity index is 0.000000343. The molecule has 0 aromatic carbocycles. The van der Waals surface area contributed by atoms with Crippen LogP contribution in [0.1, 0.15) is 39.3 Å². The van der Waals surface area contributed by atoms with E-state index in [0.29, 0.717) is 0 Å². The van der Waals surface area contributed by atoms with Crippen molar-refractivity contribution in [2.75, 3.05) is 12.4 Å². The summed E-state index contributed by atoms with van der Waals surface area (Å²) < 4.78 is 0. The molecule has 4 heteroatoms. The van der Waals surface area contributed by atoms with E-state index in [1.54, 1.807) is 12.4 Å². The molecule has 3 N–H and O–H groups in total. The van der Waals surface area contributed by atoms with E-state index in [0.717, 1.165) is 23.0 Å². The van der Waals surface area contributed by atoms with Crippen molar-refractivity contribution in [3.63, 3.8) is 0 Å². The van der Waals surface area contributed by atoms with Gasteiger partial charge in [0.1, 0.15) is 0 Å². The molecule has 0 atom stereocenters. The molecule has 1 saturated carbocycles. The Morgan fingerprint density at radius 1 is 1.50 bits per heavy atom. The fraction of sp³-hybridized carbons (Fsp3) is 0.500. The predicted octanol–water partition coefficient (Wildman–Crippen LogP) is 3.39. The van der Waals surface area contributed by atoms with Crippen molar-refractivity contribution in [3.8, 4) is 0 Å². The molecule has 102 valence electrons. The van der Waals surface area contributed by atoms with E-state index in [1.165, 1.54) is 12.8 Å². The van der Waals surface area contributed by atoms with Gasteiger partial charge in [-0.25, -0.2) is 0 Å². The normalized spacial score (nSPS) is 12.4. The van der Waals surface area contributed by atoms with Gasteiger partial charge in [0, 0.05) is 6.04 Å². The highest BCUT2D eigenvalue weighted by Gasteiger charge is 2.17. The van der Waals surface area contributed by atoms with Crippen LogP contribution in [0.5, 0.6) is 0 Å². The third-order valence-electron chi connectivity index (χ3n) is 2.31. The van der Waals surface area contributed by atoms with Gasteiger partial charge >= 0.3 is 0 Å². The molecule has 1 aliphatic carbocycles. The summed E-state index contributed by atoms with van der Waals surface area (Å²) in [6.07, 6.45) is 6.11. The van der Waals surface area contributed by atoms with Crippen LogP contribution < -0.4 is 10.6 Å². The summed E-state index contributed by atoms with van der Waals surface area (Å²) in [4.78, 5) is 0. The van der Waals surface area contributed by atoms with E-state index >= 15 is 0 Å². The zero-order chi connectivity index (χ0) is 14.0. The number of nitrogens with zero attached hydrogens (tertiary/aromatic N) is 1. The molecule has 1 aliphatic rings. The van der Waals surface area contributed by atoms with Gasteiger partial charge in [0.2, 0.25) is 0 Å². The van der Waals surface area contributed by atoms with Crippen LogP contribution in [-0.2, 0) is 0 Å². The second-order valence-electron chi connectivity index (χ2n) is 3.85. The van der Waals surface area contributed by atoms with E-state index in [1.807, 2.05) is 27.8 Å². The molecule has 0 spiro atoms. The van der Waals surface area contributed by atoms with Crippen molar-refractivity contribution >= 4 is 11.3 Å². The number of hydrogen-bond donors (Lipinski definition) is 3. The molecule has 0 saturated heterocycles. The van der Waals surface area contributed by atoms with Gasteiger partial charge in [-0.05, 0) is 38.6 Å². The molecule has 2 rings (SSSR count). The van der Waals surface area contributed by atoms with Gasteiger partial charge < -0.3 is 10.6 Å². The lowest BCUT2D eigenvalue weighted by Gasteiger charge is -1.99. The number of nitrogens with one attached hydrogen (secondary N) is 3. The van der Waals surface area contributed by atoms with Crippen LogP contribution in [-0.4, -0.2) is 23.3 Å². The number of anilines is 1. The first-order valence-electron chi connectivity index (χ1n) is 6.43. The maximum Gasteiger partial charge on any atom is 0.0840 e. The molecule has 4 nitrogen and oxygen atoms in total. The van der Waals surface area contributed by atoms with Gasteiger partial charge in [-0.2, -0.15) is 5.10 Å². The van der Waals surface area contributed by atoms with E-state index < -0.39 is 0 Å². The highest BCUT2D eigenvalue weighted by Crippen LogP contribution is 2.18. The summed E-state index contributed by atoms with van der Waals surface area (Å²) in [5.41, 5.74) is 2.78. The zero-order valence-corrected chi connectivity index (χ0v) is 12.0. The molecule has 1 fully saturated rings. The minimum Gasteiger partial charge on any atom is -0.359 e. The van der Waals surface area contributed by atoms with Gasteiger partial charge in [0.05, 0.1) is 17.6 Å². The second-order valence-corrected chi connectivity index (χ2v) is 3.85. The lowest BCUT2D eigenvalue weighted by molar-refractivity contribution is 0.811. The summed E-state index contributed by atoms with van der Waals surface area (Å²) in [6, 6.07) is 0.884. The third kappa shape index (κ3) is 6.25. The smallest absolute Gasteiger partial charge is 0.0840 e. The molecular weight excluding hydrogens is 224 g/mol. The average molecular weight is 250 g/mol. The van der Waals surface area contributed by atoms with Crippen LogP contribution in [0, 0.1) is 0 Å². The largest absolute Gasteiger partial charge is 0.359 e. The maximum absolute atomic E-state index is 3.87. The first-order chi connectivity index (χ1) is 8.69. The van der Waals surface area contributed by atoms with E-state index in [4.69, 9.17) is 0 Å². The van der Waals surface area contributed by atoms with Gasteiger partial charge in [0.15, 0.2) is 0 Å². The molecule has 0 bridgehead atoms. The topological polar surface area (TPSA) is 52.7 Å². The maximum atomic E-state index is 3.87. The summed E-state index contributed by atoms with van der Waals surface area (Å²) in [6.45, 7) is 13.3. The molecule has 0 radical (unpaired) electrons. The Hall–Kier alpha value is -1.55. The van der Waals surface area contributed by atoms with Crippen molar-refractivity contribution in [1.29, 1.82) is 0 Å². The number of H-pyrrole nitrogens is 1. The van der Waals surface area contributed by atoms with Gasteiger partial charge in [0.25, 0.3) is 0 Å². The molecule has 18 heavy (non-hydrogen) atoms. The molecule has 0 unspecified atom stereocenters. The molecular formula is C14H26N4. The first-order valence-corrected chi connectivity index (χ1v) is 6.43. The van der Waals surface area contributed by atoms with Crippen LogP contribution in [0.4, 0.5) is 5.69 Å². The number of aromatic nitrogens is 2. The fourth-order valence-corrected chi connectivity index (χ4v) is 1.20. The third-order valence-corrected chi connectivity index (χ3v) is 2.31. The van der Waals surface area contributed by atoms with E-state index in [-0.39, 0.29) is 0 Å². The van der Waals surface area contributed by atoms with Crippen LogP contribution in [0.2, 0.25) is 0 Å². The number of allylic oxidation sites excluding steroid dienone is 1. The Kier molecular flexibility index (Phi) is 8.66. The zero-order valence-electron chi connectivity index (χ0n) is 12.0. The van der Waals surface area contributed by atoms with Gasteiger partial charge in [-0.15, -0.1) is 0 Å². The van der Waals surface area contributed by atoms with Crippen LogP contribution in [0.15, 0.2) is 25.6 Å². The number of aromatic amines is 1. The fourth-order valence-electron chi connectivity index (χ4n) is 1.20. The van der Waals surface area contributed by atoms with Crippen molar-refractivity contribution in [1.82, 2.24) is 15.5 Å². The minimum absolute atomic E-state index is 0.884. The monoisotopic (exact) mass is 250 g/mol. The van der Waals surface area contributed by atoms with Crippen molar-refractivity contribution in [3.05, 3.63) is 31.2 Å². The van der Waals surface area contributed by atoms with Crippen LogP contribution >= 0.6 is 0 Å². The Bertz CT molecular complexity index is 350. The van der Waals surface area contributed by atoms with E-state index in [2.05, 4.69) is 34.0 Å². The van der Waals surface area contributed by atoms with Gasteiger partial charge in [-0.1, -0.05) is 27.0 Å². The minimum atomic E-state index is 0.884. The van der Waals surface area contributed by atoms with Gasteiger partial charge in [-0.3, -0.25) is 5.10 Å². The number of hydrogen-bond acceptors (Lipinski definition) is 3. The SMILES string of the molecule is C=CNc1cn[nH]c1C(=C)C.CC.CNC1CC1. The van der Waals surface area contributed by atoms with Crippen LogP contribution in [0.25, 0.3) is 5.57 Å². The first kappa shape index (κ1) is 16.4. The van der Waals surface area contributed by atoms with Crippen molar-refractivity contribution in [2.45, 2.75) is 39.7 Å². The van der Waals surface area contributed by atoms with Crippen molar-refractivity contribution < 1.29 is 0 Å². The molecule has 0 aliphatic heterocycles. The lowest BCUT2D eigenvalue weighted by Crippen LogP contribution is -2.06. The average Bonchev–Trinajstić information content (AvgIpc) is 3.12. The predicted molar refractivity (Wildman–Crippen MR) is 80.5 cm³/mol. The molecule has 0 amide bonds. The second kappa shape index (κ2) is 9.48. The van der Waals surface area contributed by atoms with Crippen molar-refractivity contribution in [2.24, 2.45) is 0 Å². The summed E-state index contributed by atoms with van der Waals surface area (Å²) >= 11 is 0. The van der Waals surface area contributed by atoms with Crippen LogP contribution in [0.3, 0.4) is 0 Å². The molecule has 1 aromatic heterocycles. The molecule has 1 aromatic rings. The highest BCUT2D eigenvalue weighted by molar-refractivity contribution is 5.70. The summed E-state index contributed by atoms with van der Waals surface area (Å²) in [5, 5.41) is 12.8.